The molecule has 0 unspecified atom stereocenters. The Morgan fingerprint density at radius 1 is 1.20 bits per heavy atom. The summed E-state index contributed by atoms with van der Waals surface area (Å²) >= 11 is 2.97. The van der Waals surface area contributed by atoms with Gasteiger partial charge in [-0.3, -0.25) is 9.59 Å². The Morgan fingerprint density at radius 2 is 2.00 bits per heavy atom. The molecule has 1 heterocycles. The van der Waals surface area contributed by atoms with E-state index in [1.54, 1.807) is 29.3 Å². The van der Waals surface area contributed by atoms with E-state index in [-0.39, 0.29) is 24.9 Å². The molecule has 2 aromatic carbocycles. The highest BCUT2D eigenvalue weighted by atomic mass is 32.2. The molecule has 0 N–H and O–H groups in total. The number of nitrogens with zero attached hydrogens (tertiary/aromatic N) is 2. The van der Waals surface area contributed by atoms with Crippen LogP contribution in [-0.2, 0) is 26.6 Å². The molecule has 3 aromatic rings. The maximum absolute atomic E-state index is 13.6. The molecule has 0 aliphatic heterocycles. The van der Waals surface area contributed by atoms with E-state index in [1.807, 2.05) is 18.2 Å². The SMILES string of the molecule is CCOC(=O)Cn1c(=NC(=O)CCCSCc2ccccc2)sc2cc(F)ccc21. The van der Waals surface area contributed by atoms with Crippen molar-refractivity contribution in [1.82, 2.24) is 4.57 Å². The van der Waals surface area contributed by atoms with E-state index in [1.165, 1.54) is 29.0 Å². The number of hydrogen-bond acceptors (Lipinski definition) is 5. The van der Waals surface area contributed by atoms with Gasteiger partial charge in [-0.15, -0.1) is 0 Å². The van der Waals surface area contributed by atoms with E-state index in [0.717, 1.165) is 17.9 Å². The number of aromatic nitrogens is 1. The summed E-state index contributed by atoms with van der Waals surface area (Å²) in [5.41, 5.74) is 1.91. The zero-order valence-corrected chi connectivity index (χ0v) is 18.3. The molecule has 0 aliphatic rings. The van der Waals surface area contributed by atoms with Crippen LogP contribution in [0.15, 0.2) is 53.5 Å². The van der Waals surface area contributed by atoms with Gasteiger partial charge in [-0.25, -0.2) is 4.39 Å². The lowest BCUT2D eigenvalue weighted by Gasteiger charge is -2.05. The van der Waals surface area contributed by atoms with Crippen molar-refractivity contribution in [2.45, 2.75) is 32.1 Å². The molecule has 1 amide bonds. The number of esters is 1. The molecule has 0 aliphatic carbocycles. The smallest absolute Gasteiger partial charge is 0.326 e. The fourth-order valence-corrected chi connectivity index (χ4v) is 4.87. The van der Waals surface area contributed by atoms with E-state index >= 15 is 0 Å². The number of fused-ring (bicyclic) bond motifs is 1. The quantitative estimate of drug-likeness (QED) is 0.358. The van der Waals surface area contributed by atoms with Crippen LogP contribution in [0.2, 0.25) is 0 Å². The molecule has 0 fully saturated rings. The highest BCUT2D eigenvalue weighted by molar-refractivity contribution is 7.98. The van der Waals surface area contributed by atoms with Crippen LogP contribution in [0.3, 0.4) is 0 Å². The minimum absolute atomic E-state index is 0.0709. The summed E-state index contributed by atoms with van der Waals surface area (Å²) in [5.74, 6) is 0.720. The standard InChI is InChI=1S/C22H23FN2O3S2/c1-2-28-21(27)14-25-18-11-10-17(23)13-19(18)30-22(25)24-20(26)9-6-12-29-15-16-7-4-3-5-8-16/h3-5,7-8,10-11,13H,2,6,9,12,14-15H2,1H3. The second kappa shape index (κ2) is 11.1. The Labute approximate surface area is 182 Å². The van der Waals surface area contributed by atoms with Crippen molar-refractivity contribution < 1.29 is 18.7 Å². The minimum atomic E-state index is -0.423. The molecule has 0 spiro atoms. The Morgan fingerprint density at radius 3 is 2.77 bits per heavy atom. The first-order chi connectivity index (χ1) is 14.6. The second-order valence-corrected chi connectivity index (χ2v) is 8.65. The van der Waals surface area contributed by atoms with E-state index in [9.17, 15) is 14.0 Å². The van der Waals surface area contributed by atoms with Crippen LogP contribution >= 0.6 is 23.1 Å². The van der Waals surface area contributed by atoms with Crippen molar-refractivity contribution in [1.29, 1.82) is 0 Å². The number of thiazole rings is 1. The molecule has 8 heteroatoms. The monoisotopic (exact) mass is 446 g/mol. The van der Waals surface area contributed by atoms with Crippen molar-refractivity contribution in [3.05, 3.63) is 64.7 Å². The molecule has 30 heavy (non-hydrogen) atoms. The van der Waals surface area contributed by atoms with E-state index in [4.69, 9.17) is 4.74 Å². The summed E-state index contributed by atoms with van der Waals surface area (Å²) in [4.78, 5) is 28.9. The number of rotatable bonds is 9. The second-order valence-electron chi connectivity index (χ2n) is 6.54. The zero-order valence-electron chi connectivity index (χ0n) is 16.7. The first kappa shape index (κ1) is 22.2. The highest BCUT2D eigenvalue weighted by Crippen LogP contribution is 2.19. The third-order valence-corrected chi connectivity index (χ3v) is 6.40. The first-order valence-electron chi connectivity index (χ1n) is 9.70. The molecular formula is C22H23FN2O3S2. The molecule has 1 aromatic heterocycles. The fourth-order valence-electron chi connectivity index (χ4n) is 2.87. The Bertz CT molecular complexity index is 1080. The minimum Gasteiger partial charge on any atom is -0.465 e. The average Bonchev–Trinajstić information content (AvgIpc) is 3.04. The molecule has 5 nitrogen and oxygen atoms in total. The third-order valence-electron chi connectivity index (χ3n) is 4.25. The van der Waals surface area contributed by atoms with Crippen LogP contribution in [0.25, 0.3) is 10.2 Å². The van der Waals surface area contributed by atoms with Crippen molar-refractivity contribution in [2.75, 3.05) is 12.4 Å². The molecule has 3 rings (SSSR count). The summed E-state index contributed by atoms with van der Waals surface area (Å²) in [6.45, 7) is 1.93. The summed E-state index contributed by atoms with van der Waals surface area (Å²) in [5, 5.41) is 0. The van der Waals surface area contributed by atoms with Gasteiger partial charge in [0, 0.05) is 12.2 Å². The van der Waals surface area contributed by atoms with Crippen LogP contribution in [-0.4, -0.2) is 28.8 Å². The number of benzene rings is 2. The number of hydrogen-bond donors (Lipinski definition) is 0. The normalized spacial score (nSPS) is 11.7. The van der Waals surface area contributed by atoms with Crippen LogP contribution in [0.4, 0.5) is 4.39 Å². The predicted molar refractivity (Wildman–Crippen MR) is 119 cm³/mol. The van der Waals surface area contributed by atoms with Crippen LogP contribution in [0, 0.1) is 5.82 Å². The van der Waals surface area contributed by atoms with Crippen molar-refractivity contribution >= 4 is 45.2 Å². The lowest BCUT2D eigenvalue weighted by molar-refractivity contribution is -0.143. The summed E-state index contributed by atoms with van der Waals surface area (Å²) in [6, 6.07) is 14.5. The molecule has 0 atom stereocenters. The first-order valence-corrected chi connectivity index (χ1v) is 11.7. The van der Waals surface area contributed by atoms with E-state index in [0.29, 0.717) is 21.4 Å². The van der Waals surface area contributed by atoms with E-state index in [2.05, 4.69) is 17.1 Å². The lowest BCUT2D eigenvalue weighted by Crippen LogP contribution is -2.23. The topological polar surface area (TPSA) is 60.7 Å². The van der Waals surface area contributed by atoms with Gasteiger partial charge < -0.3 is 9.30 Å². The molecule has 0 bridgehead atoms. The van der Waals surface area contributed by atoms with Crippen molar-refractivity contribution in [3.8, 4) is 0 Å². The number of halogens is 1. The predicted octanol–water partition coefficient (Wildman–Crippen LogP) is 4.55. The van der Waals surface area contributed by atoms with Gasteiger partial charge in [0.2, 0.25) is 5.91 Å². The Balaban J connectivity index is 1.66. The number of ether oxygens (including phenoxy) is 1. The highest BCUT2D eigenvalue weighted by Gasteiger charge is 2.13. The van der Waals surface area contributed by atoms with Gasteiger partial charge in [-0.2, -0.15) is 16.8 Å². The van der Waals surface area contributed by atoms with Crippen molar-refractivity contribution in [3.63, 3.8) is 0 Å². The fraction of sp³-hybridized carbons (Fsp3) is 0.318. The summed E-state index contributed by atoms with van der Waals surface area (Å²) in [7, 11) is 0. The maximum atomic E-state index is 13.6. The molecule has 0 radical (unpaired) electrons. The summed E-state index contributed by atoms with van der Waals surface area (Å²) < 4.78 is 20.8. The average molecular weight is 447 g/mol. The lowest BCUT2D eigenvalue weighted by atomic mass is 10.2. The van der Waals surface area contributed by atoms with Crippen molar-refractivity contribution in [2.24, 2.45) is 4.99 Å². The molecule has 0 saturated carbocycles. The Kier molecular flexibility index (Phi) is 8.21. The van der Waals surface area contributed by atoms with Gasteiger partial charge in [0.05, 0.1) is 16.8 Å². The van der Waals surface area contributed by atoms with Gasteiger partial charge >= 0.3 is 5.97 Å². The zero-order chi connectivity index (χ0) is 21.3. The third kappa shape index (κ3) is 6.27. The van der Waals surface area contributed by atoms with E-state index < -0.39 is 5.97 Å². The molecule has 158 valence electrons. The van der Waals surface area contributed by atoms with Gasteiger partial charge in [0.15, 0.2) is 4.80 Å². The molecule has 0 saturated heterocycles. The number of thioether (sulfide) groups is 1. The van der Waals surface area contributed by atoms with Gasteiger partial charge in [-0.1, -0.05) is 41.7 Å². The van der Waals surface area contributed by atoms with Crippen LogP contribution < -0.4 is 4.80 Å². The summed E-state index contributed by atoms with van der Waals surface area (Å²) in [6.07, 6.45) is 1.04. The number of carbonyl (C=O) groups excluding carboxylic acids is 2. The van der Waals surface area contributed by atoms with Crippen LogP contribution in [0.1, 0.15) is 25.3 Å². The number of amides is 1. The number of carbonyl (C=O) groups is 2. The largest absolute Gasteiger partial charge is 0.465 e. The maximum Gasteiger partial charge on any atom is 0.326 e. The van der Waals surface area contributed by atoms with Gasteiger partial charge in [-0.05, 0) is 42.9 Å². The van der Waals surface area contributed by atoms with Gasteiger partial charge in [0.25, 0.3) is 0 Å². The van der Waals surface area contributed by atoms with Crippen LogP contribution in [0.5, 0.6) is 0 Å². The van der Waals surface area contributed by atoms with Gasteiger partial charge in [0.1, 0.15) is 12.4 Å². The molecular weight excluding hydrogens is 423 g/mol. The Hall–Kier alpha value is -2.45.